The van der Waals surface area contributed by atoms with E-state index >= 15 is 0 Å². The number of rotatable bonds is 3. The molecule has 2 N–H and O–H groups in total. The number of hydrogen-bond donors (Lipinski definition) is 2. The molecule has 2 amide bonds. The first kappa shape index (κ1) is 13.2. The van der Waals surface area contributed by atoms with E-state index in [1.54, 1.807) is 6.92 Å². The Labute approximate surface area is 87.1 Å². The molecular weight excluding hydrogens is 204 g/mol. The summed E-state index contributed by atoms with van der Waals surface area (Å²) < 4.78 is 4.73. The molecule has 0 saturated heterocycles. The second kappa shape index (κ2) is 6.63. The smallest absolute Gasteiger partial charge is 0.431 e. The fourth-order valence-corrected chi connectivity index (χ4v) is 0.706. The summed E-state index contributed by atoms with van der Waals surface area (Å²) in [6.07, 6.45) is -1.27. The van der Waals surface area contributed by atoms with Crippen LogP contribution in [0.25, 0.3) is 0 Å². The highest BCUT2D eigenvalue weighted by molar-refractivity contribution is 5.75. The maximum Gasteiger partial charge on any atom is 0.431 e. The summed E-state index contributed by atoms with van der Waals surface area (Å²) in [5.74, 6) is -0.919. The van der Waals surface area contributed by atoms with Gasteiger partial charge in [0.05, 0.1) is 6.54 Å². The van der Waals surface area contributed by atoms with E-state index in [0.717, 1.165) is 0 Å². The summed E-state index contributed by atoms with van der Waals surface area (Å²) >= 11 is 0. The molecule has 0 unspecified atom stereocenters. The third-order valence-electron chi connectivity index (χ3n) is 1.19. The SMILES string of the molecule is CC(=O)NOC(=O)NC[C@@H](C)OC(C)=O. The summed E-state index contributed by atoms with van der Waals surface area (Å²) in [7, 11) is 0. The molecule has 0 bridgehead atoms. The van der Waals surface area contributed by atoms with Crippen LogP contribution in [0.5, 0.6) is 0 Å². The van der Waals surface area contributed by atoms with Crippen molar-refractivity contribution >= 4 is 18.0 Å². The van der Waals surface area contributed by atoms with E-state index in [1.165, 1.54) is 13.8 Å². The number of esters is 1. The molecule has 0 aromatic rings. The third-order valence-corrected chi connectivity index (χ3v) is 1.19. The standard InChI is InChI=1S/C8H14N2O5/c1-5(14-7(3)12)4-9-8(13)15-10-6(2)11/h5H,4H2,1-3H3,(H,9,13)(H,10,11)/t5-/m1/s1. The lowest BCUT2D eigenvalue weighted by Gasteiger charge is -2.12. The maximum atomic E-state index is 10.8. The van der Waals surface area contributed by atoms with Crippen LogP contribution in [-0.4, -0.2) is 30.6 Å². The van der Waals surface area contributed by atoms with Crippen molar-refractivity contribution in [3.8, 4) is 0 Å². The number of hydroxylamine groups is 1. The highest BCUT2D eigenvalue weighted by atomic mass is 16.7. The lowest BCUT2D eigenvalue weighted by molar-refractivity contribution is -0.145. The number of amides is 2. The van der Waals surface area contributed by atoms with Crippen molar-refractivity contribution in [3.05, 3.63) is 0 Å². The van der Waals surface area contributed by atoms with Crippen molar-refractivity contribution < 1.29 is 24.0 Å². The average Bonchev–Trinajstić information content (AvgIpc) is 2.10. The molecule has 7 heteroatoms. The lowest BCUT2D eigenvalue weighted by atomic mass is 10.4. The van der Waals surface area contributed by atoms with E-state index in [-0.39, 0.29) is 6.54 Å². The minimum absolute atomic E-state index is 0.109. The summed E-state index contributed by atoms with van der Waals surface area (Å²) in [5, 5.41) is 2.29. The third kappa shape index (κ3) is 8.54. The van der Waals surface area contributed by atoms with Gasteiger partial charge in [0.15, 0.2) is 0 Å². The number of ether oxygens (including phenoxy) is 1. The first-order chi connectivity index (χ1) is 6.91. The normalized spacial score (nSPS) is 11.1. The van der Waals surface area contributed by atoms with Crippen LogP contribution in [0.4, 0.5) is 4.79 Å². The molecule has 0 radical (unpaired) electrons. The van der Waals surface area contributed by atoms with Crippen LogP contribution in [0.1, 0.15) is 20.8 Å². The molecule has 0 aliphatic rings. The van der Waals surface area contributed by atoms with Gasteiger partial charge in [-0.1, -0.05) is 0 Å². The molecule has 1 atom stereocenters. The van der Waals surface area contributed by atoms with Gasteiger partial charge in [0, 0.05) is 13.8 Å². The number of carbonyl (C=O) groups is 3. The van der Waals surface area contributed by atoms with E-state index in [2.05, 4.69) is 10.2 Å². The highest BCUT2D eigenvalue weighted by Crippen LogP contribution is 1.89. The Balaban J connectivity index is 3.61. The van der Waals surface area contributed by atoms with E-state index in [9.17, 15) is 14.4 Å². The zero-order chi connectivity index (χ0) is 11.8. The van der Waals surface area contributed by atoms with Crippen LogP contribution in [-0.2, 0) is 19.2 Å². The van der Waals surface area contributed by atoms with Crippen molar-refractivity contribution in [1.29, 1.82) is 0 Å². The summed E-state index contributed by atoms with van der Waals surface area (Å²) in [4.78, 5) is 36.0. The van der Waals surface area contributed by atoms with E-state index < -0.39 is 24.1 Å². The van der Waals surface area contributed by atoms with Crippen LogP contribution < -0.4 is 10.8 Å². The van der Waals surface area contributed by atoms with Gasteiger partial charge in [-0.3, -0.25) is 9.59 Å². The topological polar surface area (TPSA) is 93.7 Å². The monoisotopic (exact) mass is 218 g/mol. The molecule has 0 heterocycles. The Morgan fingerprint density at radius 3 is 2.33 bits per heavy atom. The van der Waals surface area contributed by atoms with Crippen molar-refractivity contribution in [2.45, 2.75) is 26.9 Å². The molecule has 0 aromatic heterocycles. The second-order valence-electron chi connectivity index (χ2n) is 2.85. The summed E-state index contributed by atoms with van der Waals surface area (Å²) in [5.41, 5.74) is 1.85. The predicted octanol–water partition coefficient (Wildman–Crippen LogP) is -0.285. The zero-order valence-corrected chi connectivity index (χ0v) is 8.83. The molecule has 0 aliphatic heterocycles. The highest BCUT2D eigenvalue weighted by Gasteiger charge is 2.08. The number of hydrogen-bond acceptors (Lipinski definition) is 5. The molecule has 86 valence electrons. The Morgan fingerprint density at radius 1 is 1.27 bits per heavy atom. The summed E-state index contributed by atoms with van der Waals surface area (Å²) in [6, 6.07) is 0. The maximum absolute atomic E-state index is 10.8. The molecule has 0 aromatic carbocycles. The van der Waals surface area contributed by atoms with Crippen LogP contribution in [0.15, 0.2) is 0 Å². The predicted molar refractivity (Wildman–Crippen MR) is 49.5 cm³/mol. The fourth-order valence-electron chi connectivity index (χ4n) is 0.706. The fraction of sp³-hybridized carbons (Fsp3) is 0.625. The molecule has 0 fully saturated rings. The second-order valence-corrected chi connectivity index (χ2v) is 2.85. The summed E-state index contributed by atoms with van der Waals surface area (Å²) in [6.45, 7) is 4.19. The van der Waals surface area contributed by atoms with Gasteiger partial charge < -0.3 is 14.9 Å². The van der Waals surface area contributed by atoms with Crippen LogP contribution >= 0.6 is 0 Å². The Bertz CT molecular complexity index is 253. The molecular formula is C8H14N2O5. The van der Waals surface area contributed by atoms with Crippen LogP contribution in [0, 0.1) is 0 Å². The van der Waals surface area contributed by atoms with Gasteiger partial charge in [0.25, 0.3) is 0 Å². The van der Waals surface area contributed by atoms with Gasteiger partial charge >= 0.3 is 12.1 Å². The Morgan fingerprint density at radius 2 is 1.87 bits per heavy atom. The van der Waals surface area contributed by atoms with Gasteiger partial charge in [-0.2, -0.15) is 5.48 Å². The van der Waals surface area contributed by atoms with Crippen molar-refractivity contribution in [1.82, 2.24) is 10.8 Å². The van der Waals surface area contributed by atoms with Crippen LogP contribution in [0.3, 0.4) is 0 Å². The van der Waals surface area contributed by atoms with Gasteiger partial charge in [0.1, 0.15) is 6.10 Å². The molecule has 0 saturated carbocycles. The molecule has 7 nitrogen and oxygen atoms in total. The van der Waals surface area contributed by atoms with Crippen molar-refractivity contribution in [2.24, 2.45) is 0 Å². The number of nitrogens with one attached hydrogen (secondary N) is 2. The Hall–Kier alpha value is -1.79. The molecule has 15 heavy (non-hydrogen) atoms. The minimum Gasteiger partial charge on any atom is -0.461 e. The van der Waals surface area contributed by atoms with E-state index in [0.29, 0.717) is 0 Å². The van der Waals surface area contributed by atoms with Crippen molar-refractivity contribution in [2.75, 3.05) is 6.54 Å². The average molecular weight is 218 g/mol. The quantitative estimate of drug-likeness (QED) is 0.501. The van der Waals surface area contributed by atoms with E-state index in [4.69, 9.17) is 4.74 Å². The van der Waals surface area contributed by atoms with E-state index in [1.807, 2.05) is 5.48 Å². The lowest BCUT2D eigenvalue weighted by Crippen LogP contribution is -2.37. The van der Waals surface area contributed by atoms with Gasteiger partial charge in [-0.15, -0.1) is 0 Å². The minimum atomic E-state index is -0.816. The molecule has 0 spiro atoms. The Kier molecular flexibility index (Phi) is 5.84. The van der Waals surface area contributed by atoms with Crippen molar-refractivity contribution in [3.63, 3.8) is 0 Å². The number of carbonyl (C=O) groups excluding carboxylic acids is 3. The van der Waals surface area contributed by atoms with Crippen LogP contribution in [0.2, 0.25) is 0 Å². The molecule has 0 aliphatic carbocycles. The first-order valence-electron chi connectivity index (χ1n) is 4.30. The van der Waals surface area contributed by atoms with Gasteiger partial charge in [-0.05, 0) is 6.92 Å². The van der Waals surface area contributed by atoms with Gasteiger partial charge in [0.2, 0.25) is 5.91 Å². The first-order valence-corrected chi connectivity index (χ1v) is 4.30. The molecule has 0 rings (SSSR count). The largest absolute Gasteiger partial charge is 0.461 e. The van der Waals surface area contributed by atoms with Gasteiger partial charge in [-0.25, -0.2) is 4.79 Å². The zero-order valence-electron chi connectivity index (χ0n) is 8.83.